The largest absolute Gasteiger partial charge is 0.352 e. The van der Waals surface area contributed by atoms with Crippen LogP contribution in [0.3, 0.4) is 0 Å². The van der Waals surface area contributed by atoms with Crippen molar-refractivity contribution in [1.82, 2.24) is 0 Å². The predicted octanol–water partition coefficient (Wildman–Crippen LogP) is 2.50. The molecular formula is C15H21NO2. The summed E-state index contributed by atoms with van der Waals surface area (Å²) in [4.78, 5) is 0. The molecule has 18 heavy (non-hydrogen) atoms. The average Bonchev–Trinajstić information content (AvgIpc) is 3.11. The van der Waals surface area contributed by atoms with Crippen molar-refractivity contribution < 1.29 is 9.47 Å². The van der Waals surface area contributed by atoms with Crippen molar-refractivity contribution in [2.24, 2.45) is 5.73 Å². The van der Waals surface area contributed by atoms with Gasteiger partial charge in [0.2, 0.25) is 0 Å². The van der Waals surface area contributed by atoms with Crippen LogP contribution in [0.2, 0.25) is 0 Å². The molecule has 1 aromatic carbocycles. The smallest absolute Gasteiger partial charge is 0.147 e. The van der Waals surface area contributed by atoms with Crippen LogP contribution in [0.15, 0.2) is 24.3 Å². The first kappa shape index (κ1) is 12.2. The lowest BCUT2D eigenvalue weighted by molar-refractivity contribution is 0.0466. The highest BCUT2D eigenvalue weighted by Gasteiger charge is 2.34. The molecular weight excluding hydrogens is 226 g/mol. The van der Waals surface area contributed by atoms with Gasteiger partial charge in [-0.3, -0.25) is 0 Å². The third-order valence-electron chi connectivity index (χ3n) is 4.47. The van der Waals surface area contributed by atoms with Crippen LogP contribution in [-0.4, -0.2) is 19.9 Å². The molecule has 98 valence electrons. The third-order valence-corrected chi connectivity index (χ3v) is 4.47. The van der Waals surface area contributed by atoms with Crippen molar-refractivity contribution in [2.75, 3.05) is 19.9 Å². The Morgan fingerprint density at radius 1 is 1.17 bits per heavy atom. The molecule has 1 aromatic rings. The number of rotatable bonds is 3. The van der Waals surface area contributed by atoms with Crippen molar-refractivity contribution in [2.45, 2.75) is 37.2 Å². The van der Waals surface area contributed by atoms with Crippen LogP contribution < -0.4 is 5.73 Å². The molecule has 1 aliphatic heterocycles. The zero-order valence-corrected chi connectivity index (χ0v) is 10.7. The molecule has 3 heteroatoms. The van der Waals surface area contributed by atoms with Gasteiger partial charge in [-0.1, -0.05) is 37.1 Å². The SMILES string of the molecule is NCC1(c2ccc(C3COCO3)cc2)CCCC1. The summed E-state index contributed by atoms with van der Waals surface area (Å²) >= 11 is 0. The Balaban J connectivity index is 1.81. The summed E-state index contributed by atoms with van der Waals surface area (Å²) in [6.45, 7) is 1.84. The van der Waals surface area contributed by atoms with Crippen molar-refractivity contribution in [3.8, 4) is 0 Å². The second kappa shape index (κ2) is 5.00. The lowest BCUT2D eigenvalue weighted by Crippen LogP contribution is -2.31. The Morgan fingerprint density at radius 3 is 2.44 bits per heavy atom. The van der Waals surface area contributed by atoms with Crippen LogP contribution in [0, 0.1) is 0 Å². The summed E-state index contributed by atoms with van der Waals surface area (Å²) in [5, 5.41) is 0. The number of nitrogens with two attached hydrogens (primary N) is 1. The molecule has 1 heterocycles. The van der Waals surface area contributed by atoms with Crippen molar-refractivity contribution in [3.63, 3.8) is 0 Å². The highest BCUT2D eigenvalue weighted by molar-refractivity contribution is 5.31. The summed E-state index contributed by atoms with van der Waals surface area (Å²) in [5.41, 5.74) is 8.85. The number of ether oxygens (including phenoxy) is 2. The molecule has 2 N–H and O–H groups in total. The van der Waals surface area contributed by atoms with Crippen molar-refractivity contribution >= 4 is 0 Å². The van der Waals surface area contributed by atoms with E-state index in [0.29, 0.717) is 13.4 Å². The average molecular weight is 247 g/mol. The van der Waals surface area contributed by atoms with E-state index in [0.717, 1.165) is 6.54 Å². The van der Waals surface area contributed by atoms with Gasteiger partial charge < -0.3 is 15.2 Å². The molecule has 1 saturated carbocycles. The van der Waals surface area contributed by atoms with Gasteiger partial charge in [0.15, 0.2) is 0 Å². The fourth-order valence-electron chi connectivity index (χ4n) is 3.24. The summed E-state index contributed by atoms with van der Waals surface area (Å²) in [6, 6.07) is 8.80. The zero-order chi connectivity index (χ0) is 12.4. The van der Waals surface area contributed by atoms with E-state index in [-0.39, 0.29) is 11.5 Å². The van der Waals surface area contributed by atoms with Crippen molar-refractivity contribution in [3.05, 3.63) is 35.4 Å². The van der Waals surface area contributed by atoms with Gasteiger partial charge in [-0.2, -0.15) is 0 Å². The number of benzene rings is 1. The Hall–Kier alpha value is -0.900. The van der Waals surface area contributed by atoms with Gasteiger partial charge in [-0.25, -0.2) is 0 Å². The van der Waals surface area contributed by atoms with Gasteiger partial charge in [-0.15, -0.1) is 0 Å². The molecule has 0 spiro atoms. The Morgan fingerprint density at radius 2 is 1.89 bits per heavy atom. The fourth-order valence-corrected chi connectivity index (χ4v) is 3.24. The minimum Gasteiger partial charge on any atom is -0.352 e. The van der Waals surface area contributed by atoms with E-state index in [9.17, 15) is 0 Å². The Bertz CT molecular complexity index is 389. The normalized spacial score (nSPS) is 26.6. The van der Waals surface area contributed by atoms with Crippen LogP contribution in [0.5, 0.6) is 0 Å². The minimum atomic E-state index is 0.108. The van der Waals surface area contributed by atoms with E-state index in [4.69, 9.17) is 15.2 Å². The lowest BCUT2D eigenvalue weighted by atomic mass is 9.78. The summed E-state index contributed by atoms with van der Waals surface area (Å²) < 4.78 is 10.7. The maximum Gasteiger partial charge on any atom is 0.147 e. The topological polar surface area (TPSA) is 44.5 Å². The van der Waals surface area contributed by atoms with E-state index in [1.165, 1.54) is 36.8 Å². The molecule has 2 aliphatic rings. The highest BCUT2D eigenvalue weighted by atomic mass is 16.7. The van der Waals surface area contributed by atoms with Crippen LogP contribution >= 0.6 is 0 Å². The molecule has 1 saturated heterocycles. The predicted molar refractivity (Wildman–Crippen MR) is 70.3 cm³/mol. The van der Waals surface area contributed by atoms with E-state index < -0.39 is 0 Å². The number of hydrogen-bond acceptors (Lipinski definition) is 3. The summed E-state index contributed by atoms with van der Waals surface area (Å²) in [5.74, 6) is 0. The molecule has 3 nitrogen and oxygen atoms in total. The minimum absolute atomic E-state index is 0.108. The van der Waals surface area contributed by atoms with Gasteiger partial charge in [0.1, 0.15) is 12.9 Å². The third kappa shape index (κ3) is 2.07. The van der Waals surface area contributed by atoms with E-state index in [1.54, 1.807) is 0 Å². The van der Waals surface area contributed by atoms with Crippen LogP contribution in [0.25, 0.3) is 0 Å². The van der Waals surface area contributed by atoms with Gasteiger partial charge in [-0.05, 0) is 24.0 Å². The van der Waals surface area contributed by atoms with Gasteiger partial charge in [0.25, 0.3) is 0 Å². The molecule has 0 bridgehead atoms. The zero-order valence-electron chi connectivity index (χ0n) is 10.7. The Labute approximate surface area is 108 Å². The van der Waals surface area contributed by atoms with Gasteiger partial charge in [0, 0.05) is 12.0 Å². The molecule has 0 amide bonds. The molecule has 1 atom stereocenters. The maximum absolute atomic E-state index is 6.02. The quantitative estimate of drug-likeness (QED) is 0.892. The van der Waals surface area contributed by atoms with Crippen LogP contribution in [-0.2, 0) is 14.9 Å². The molecule has 0 aromatic heterocycles. The first-order chi connectivity index (χ1) is 8.84. The van der Waals surface area contributed by atoms with E-state index >= 15 is 0 Å². The highest BCUT2D eigenvalue weighted by Crippen LogP contribution is 2.40. The standard InChI is InChI=1S/C15H21NO2/c16-10-15(7-1-2-8-15)13-5-3-12(4-6-13)14-9-17-11-18-14/h3-6,14H,1-2,7-11,16H2. The first-order valence-electron chi connectivity index (χ1n) is 6.84. The fraction of sp³-hybridized carbons (Fsp3) is 0.600. The van der Waals surface area contributed by atoms with Crippen LogP contribution in [0.1, 0.15) is 42.9 Å². The molecule has 1 unspecified atom stereocenters. The van der Waals surface area contributed by atoms with E-state index in [1.807, 2.05) is 0 Å². The van der Waals surface area contributed by atoms with Crippen LogP contribution in [0.4, 0.5) is 0 Å². The molecule has 3 rings (SSSR count). The second-order valence-corrected chi connectivity index (χ2v) is 5.46. The lowest BCUT2D eigenvalue weighted by Gasteiger charge is -2.28. The van der Waals surface area contributed by atoms with Gasteiger partial charge in [0.05, 0.1) is 6.61 Å². The number of hydrogen-bond donors (Lipinski definition) is 1. The van der Waals surface area contributed by atoms with Gasteiger partial charge >= 0.3 is 0 Å². The summed E-state index contributed by atoms with van der Waals surface area (Å²) in [7, 11) is 0. The van der Waals surface area contributed by atoms with Crippen molar-refractivity contribution in [1.29, 1.82) is 0 Å². The maximum atomic E-state index is 6.02. The molecule has 2 fully saturated rings. The summed E-state index contributed by atoms with van der Waals surface area (Å²) in [6.07, 6.45) is 5.17. The monoisotopic (exact) mass is 247 g/mol. The Kier molecular flexibility index (Phi) is 3.37. The second-order valence-electron chi connectivity index (χ2n) is 5.46. The van der Waals surface area contributed by atoms with E-state index in [2.05, 4.69) is 24.3 Å². The molecule has 0 radical (unpaired) electrons. The first-order valence-corrected chi connectivity index (χ1v) is 6.84. The molecule has 1 aliphatic carbocycles.